The van der Waals surface area contributed by atoms with Gasteiger partial charge in [-0.05, 0) is 116 Å². The molecule has 8 atom stereocenters. The minimum absolute atomic E-state index is 0.0192. The van der Waals surface area contributed by atoms with Crippen molar-refractivity contribution in [1.82, 2.24) is 10.6 Å². The Morgan fingerprint density at radius 1 is 0.857 bits per heavy atom. The van der Waals surface area contributed by atoms with Crippen molar-refractivity contribution in [3.63, 3.8) is 0 Å². The third-order valence-electron chi connectivity index (χ3n) is 15.4. The molecule has 5 aliphatic rings. The quantitative estimate of drug-likeness (QED) is 0.115. The van der Waals surface area contributed by atoms with Gasteiger partial charge in [-0.1, -0.05) is 73.5 Å². The van der Waals surface area contributed by atoms with Crippen LogP contribution in [0.25, 0.3) is 0 Å². The number of carboxylic acids is 1. The molecule has 8 nitrogen and oxygen atoms in total. The smallest absolute Gasteiger partial charge is 0.322 e. The molecule has 0 aliphatic heterocycles. The third kappa shape index (κ3) is 6.61. The van der Waals surface area contributed by atoms with Crippen molar-refractivity contribution < 1.29 is 29.0 Å². The summed E-state index contributed by atoms with van der Waals surface area (Å²) in [5.41, 5.74) is 1.68. The molecule has 8 heteroatoms. The van der Waals surface area contributed by atoms with Crippen LogP contribution in [0, 0.1) is 50.2 Å². The van der Waals surface area contributed by atoms with Gasteiger partial charge in [0.2, 0.25) is 11.8 Å². The lowest BCUT2D eigenvalue weighted by Gasteiger charge is -2.71. The number of allylic oxidation sites excluding steroid dienone is 2. The van der Waals surface area contributed by atoms with E-state index in [-0.39, 0.29) is 68.8 Å². The first-order chi connectivity index (χ1) is 22.9. The normalized spacial score (nSPS) is 38.7. The average molecular weight is 683 g/mol. The van der Waals surface area contributed by atoms with Gasteiger partial charge in [0, 0.05) is 24.8 Å². The van der Waals surface area contributed by atoms with Gasteiger partial charge in [0.05, 0.1) is 5.41 Å². The lowest BCUT2D eigenvalue weighted by Crippen LogP contribution is -2.65. The van der Waals surface area contributed by atoms with Gasteiger partial charge in [-0.25, -0.2) is 0 Å². The van der Waals surface area contributed by atoms with Gasteiger partial charge >= 0.3 is 11.9 Å². The summed E-state index contributed by atoms with van der Waals surface area (Å²) in [5.74, 6) is 0.166. The van der Waals surface area contributed by atoms with Crippen molar-refractivity contribution in [2.45, 2.75) is 158 Å². The Kier molecular flexibility index (Phi) is 10.5. The zero-order chi connectivity index (χ0) is 36.0. The topological polar surface area (TPSA) is 122 Å². The SMILES string of the molecule is CCC(=O)O[C@H]1CC[C@@]2(C)C(CC[C@]3(C)C2CC=C2C4CC(C)(C)CC[C@]4(C(=O)NCCCCCC(=O)NCC(=O)O)CC[C@]23C)C1(C)C. The van der Waals surface area contributed by atoms with E-state index in [1.807, 2.05) is 6.92 Å². The minimum Gasteiger partial charge on any atom is -0.480 e. The van der Waals surface area contributed by atoms with Crippen LogP contribution in [0.2, 0.25) is 0 Å². The lowest BCUT2D eigenvalue weighted by molar-refractivity contribution is -0.212. The first-order valence-corrected chi connectivity index (χ1v) is 19.5. The Morgan fingerprint density at radius 2 is 1.57 bits per heavy atom. The number of fused-ring (bicyclic) bond motifs is 7. The molecule has 0 spiro atoms. The number of hydrogen-bond donors (Lipinski definition) is 3. The fraction of sp³-hybridized carbons (Fsp3) is 0.854. The van der Waals surface area contributed by atoms with Gasteiger partial charge in [0.1, 0.15) is 12.6 Å². The zero-order valence-corrected chi connectivity index (χ0v) is 31.9. The predicted octanol–water partition coefficient (Wildman–Crippen LogP) is 7.99. The molecule has 0 aromatic rings. The average Bonchev–Trinajstić information content (AvgIpc) is 3.02. The number of aliphatic carboxylic acids is 1. The monoisotopic (exact) mass is 682 g/mol. The van der Waals surface area contributed by atoms with Gasteiger partial charge in [-0.3, -0.25) is 19.2 Å². The van der Waals surface area contributed by atoms with E-state index < -0.39 is 5.97 Å². The van der Waals surface area contributed by atoms with Gasteiger partial charge in [0.25, 0.3) is 0 Å². The van der Waals surface area contributed by atoms with Gasteiger partial charge in [0.15, 0.2) is 0 Å². The summed E-state index contributed by atoms with van der Waals surface area (Å²) >= 11 is 0. The Balaban J connectivity index is 1.33. The van der Waals surface area contributed by atoms with E-state index in [0.717, 1.165) is 70.6 Å². The van der Waals surface area contributed by atoms with Crippen LogP contribution < -0.4 is 10.6 Å². The molecule has 4 fully saturated rings. The number of hydrogen-bond acceptors (Lipinski definition) is 5. The first kappa shape index (κ1) is 37.9. The molecular weight excluding hydrogens is 616 g/mol. The van der Waals surface area contributed by atoms with Crippen LogP contribution in [0.3, 0.4) is 0 Å². The van der Waals surface area contributed by atoms with E-state index in [0.29, 0.717) is 37.6 Å². The lowest BCUT2D eigenvalue weighted by atomic mass is 9.33. The Bertz CT molecular complexity index is 1340. The van der Waals surface area contributed by atoms with Crippen LogP contribution in [-0.2, 0) is 23.9 Å². The number of carboxylic acid groups (broad SMARTS) is 1. The summed E-state index contributed by atoms with van der Waals surface area (Å²) in [6, 6.07) is 0. The predicted molar refractivity (Wildman–Crippen MR) is 191 cm³/mol. The molecule has 0 aromatic carbocycles. The maximum absolute atomic E-state index is 14.3. The summed E-state index contributed by atoms with van der Waals surface area (Å²) in [4.78, 5) is 49.3. The number of esters is 1. The van der Waals surface area contributed by atoms with Gasteiger partial charge in [-0.15, -0.1) is 0 Å². The van der Waals surface area contributed by atoms with Crippen molar-refractivity contribution in [2.24, 2.45) is 50.2 Å². The number of amides is 2. The highest BCUT2D eigenvalue weighted by atomic mass is 16.5. The largest absolute Gasteiger partial charge is 0.480 e. The molecule has 276 valence electrons. The van der Waals surface area contributed by atoms with E-state index in [4.69, 9.17) is 9.84 Å². The van der Waals surface area contributed by atoms with Crippen molar-refractivity contribution >= 4 is 23.8 Å². The van der Waals surface area contributed by atoms with Crippen molar-refractivity contribution in [3.05, 3.63) is 11.6 Å². The fourth-order valence-corrected chi connectivity index (χ4v) is 12.3. The maximum atomic E-state index is 14.3. The second-order valence-corrected chi connectivity index (χ2v) is 18.8. The van der Waals surface area contributed by atoms with Gasteiger partial charge < -0.3 is 20.5 Å². The number of carbonyl (C=O) groups excluding carboxylic acids is 3. The Labute approximate surface area is 295 Å². The number of nitrogens with one attached hydrogen (secondary N) is 2. The molecule has 0 radical (unpaired) electrons. The zero-order valence-electron chi connectivity index (χ0n) is 31.9. The molecular formula is C41H66N2O6. The van der Waals surface area contributed by atoms with Crippen LogP contribution >= 0.6 is 0 Å². The summed E-state index contributed by atoms with van der Waals surface area (Å²) in [7, 11) is 0. The number of ether oxygens (including phenoxy) is 1. The van der Waals surface area contributed by atoms with Crippen LogP contribution in [0.15, 0.2) is 11.6 Å². The molecule has 0 saturated heterocycles. The number of carbonyl (C=O) groups is 4. The summed E-state index contributed by atoms with van der Waals surface area (Å²) in [6.45, 7) is 19.4. The summed E-state index contributed by atoms with van der Waals surface area (Å²) in [5, 5.41) is 14.5. The molecule has 49 heavy (non-hydrogen) atoms. The molecule has 5 rings (SSSR count). The van der Waals surface area contributed by atoms with Crippen LogP contribution in [-0.4, -0.2) is 48.1 Å². The minimum atomic E-state index is -1.04. The summed E-state index contributed by atoms with van der Waals surface area (Å²) in [6.07, 6.45) is 16.1. The van der Waals surface area contributed by atoms with Crippen molar-refractivity contribution in [2.75, 3.05) is 13.1 Å². The van der Waals surface area contributed by atoms with Crippen LogP contribution in [0.5, 0.6) is 0 Å². The second-order valence-electron chi connectivity index (χ2n) is 18.8. The van der Waals surface area contributed by atoms with E-state index in [2.05, 4.69) is 65.2 Å². The molecule has 4 saturated carbocycles. The first-order valence-electron chi connectivity index (χ1n) is 19.5. The molecule has 0 aromatic heterocycles. The highest BCUT2D eigenvalue weighted by Crippen LogP contribution is 2.75. The standard InChI is InChI=1S/C41H66N2O6/c1-9-34(47)49-31-17-18-38(6)29(37(31,4)5)16-19-40(8)30(38)15-14-27-28-25-36(2,3)20-22-41(28,23-21-39(27,40)7)35(48)42-24-12-10-11-13-32(44)43-26-33(45)46/h14,28-31H,9-13,15-26H2,1-8H3,(H,42,48)(H,43,44)(H,45,46)/t28?,29?,30?,31-,38-,39+,40+,41-/m0/s1. The Morgan fingerprint density at radius 3 is 2.27 bits per heavy atom. The van der Waals surface area contributed by atoms with E-state index in [9.17, 15) is 19.2 Å². The van der Waals surface area contributed by atoms with Crippen molar-refractivity contribution in [3.8, 4) is 0 Å². The van der Waals surface area contributed by atoms with Crippen LogP contribution in [0.4, 0.5) is 0 Å². The molecule has 3 unspecified atom stereocenters. The van der Waals surface area contributed by atoms with E-state index >= 15 is 0 Å². The second kappa shape index (κ2) is 13.6. The molecule has 0 heterocycles. The van der Waals surface area contributed by atoms with Gasteiger partial charge in [-0.2, -0.15) is 0 Å². The molecule has 0 bridgehead atoms. The van der Waals surface area contributed by atoms with E-state index in [1.165, 1.54) is 6.42 Å². The molecule has 5 aliphatic carbocycles. The van der Waals surface area contributed by atoms with E-state index in [1.54, 1.807) is 5.57 Å². The number of rotatable bonds is 11. The highest BCUT2D eigenvalue weighted by molar-refractivity contribution is 5.84. The third-order valence-corrected chi connectivity index (χ3v) is 15.4. The highest BCUT2D eigenvalue weighted by Gasteiger charge is 2.69. The molecule has 3 N–H and O–H groups in total. The maximum Gasteiger partial charge on any atom is 0.322 e. The fourth-order valence-electron chi connectivity index (χ4n) is 12.3. The van der Waals surface area contributed by atoms with Crippen LogP contribution in [0.1, 0.15) is 152 Å². The number of unbranched alkanes of at least 4 members (excludes halogenated alkanes) is 2. The Hall–Kier alpha value is -2.38. The molecule has 2 amide bonds. The van der Waals surface area contributed by atoms with Crippen molar-refractivity contribution in [1.29, 1.82) is 0 Å². The summed E-state index contributed by atoms with van der Waals surface area (Å²) < 4.78 is 6.08.